The first kappa shape index (κ1) is 54.8. The molecule has 0 aromatic rings. The summed E-state index contributed by atoms with van der Waals surface area (Å²) in [6.07, 6.45) is 53.1. The van der Waals surface area contributed by atoms with Gasteiger partial charge in [0.15, 0.2) is 0 Å². The molecule has 0 saturated carbocycles. The van der Waals surface area contributed by atoms with Crippen LogP contribution in [0.3, 0.4) is 0 Å². The number of aliphatic hydroxyl groups excluding tert-OH is 2. The first-order valence-corrected chi connectivity index (χ1v) is 24.4. The Morgan fingerprint density at radius 3 is 1.51 bits per heavy atom. The molecule has 0 spiro atoms. The van der Waals surface area contributed by atoms with Crippen molar-refractivity contribution in [1.82, 2.24) is 5.32 Å². The molecule has 0 aliphatic heterocycles. The molecule has 57 heavy (non-hydrogen) atoms. The molecule has 0 aromatic carbocycles. The molecule has 0 bridgehead atoms. The largest absolute Gasteiger partial charge is 0.462 e. The minimum Gasteiger partial charge on any atom is -0.462 e. The van der Waals surface area contributed by atoms with E-state index in [-0.39, 0.29) is 24.9 Å². The van der Waals surface area contributed by atoms with E-state index < -0.39 is 18.2 Å². The van der Waals surface area contributed by atoms with Crippen molar-refractivity contribution in [3.63, 3.8) is 0 Å². The first-order valence-electron chi connectivity index (χ1n) is 24.4. The highest BCUT2D eigenvalue weighted by Crippen LogP contribution is 2.17. The number of hydrogen-bond acceptors (Lipinski definition) is 5. The van der Waals surface area contributed by atoms with Gasteiger partial charge in [0.25, 0.3) is 0 Å². The van der Waals surface area contributed by atoms with Crippen molar-refractivity contribution >= 4 is 11.9 Å². The van der Waals surface area contributed by atoms with E-state index in [0.29, 0.717) is 19.3 Å². The van der Waals surface area contributed by atoms with E-state index in [1.807, 2.05) is 0 Å². The molecule has 6 nitrogen and oxygen atoms in total. The van der Waals surface area contributed by atoms with E-state index in [9.17, 15) is 19.8 Å². The van der Waals surface area contributed by atoms with Crippen molar-refractivity contribution in [3.05, 3.63) is 48.6 Å². The number of carbonyl (C=O) groups is 2. The zero-order valence-electron chi connectivity index (χ0n) is 37.7. The van der Waals surface area contributed by atoms with Gasteiger partial charge in [-0.25, -0.2) is 0 Å². The van der Waals surface area contributed by atoms with Crippen molar-refractivity contribution in [2.75, 3.05) is 6.61 Å². The second-order valence-corrected chi connectivity index (χ2v) is 16.5. The third kappa shape index (κ3) is 40.4. The zero-order chi connectivity index (χ0) is 41.7. The number of esters is 1. The molecule has 0 aliphatic rings. The highest BCUT2D eigenvalue weighted by molar-refractivity contribution is 5.77. The van der Waals surface area contributed by atoms with E-state index >= 15 is 0 Å². The minimum atomic E-state index is -0.794. The monoisotopic (exact) mass is 800 g/mol. The SMILES string of the molecule is CC/C=C/C=C/C=C/CCCCCCCCCC(=O)OC(CCC/C=C\CCCCCCCC)CC(=O)NC(CO)C(O)CCCCCCCCCCCCCC. The minimum absolute atomic E-state index is 0.0520. The van der Waals surface area contributed by atoms with Gasteiger partial charge in [0.1, 0.15) is 6.10 Å². The van der Waals surface area contributed by atoms with E-state index in [4.69, 9.17) is 4.74 Å². The zero-order valence-corrected chi connectivity index (χ0v) is 37.7. The quantitative estimate of drug-likeness (QED) is 0.0247. The number of allylic oxidation sites excluding steroid dienone is 8. The van der Waals surface area contributed by atoms with Gasteiger partial charge in [0, 0.05) is 6.42 Å². The van der Waals surface area contributed by atoms with Gasteiger partial charge >= 0.3 is 5.97 Å². The van der Waals surface area contributed by atoms with Crippen LogP contribution in [0.4, 0.5) is 0 Å². The molecule has 0 radical (unpaired) electrons. The molecule has 0 rings (SSSR count). The Morgan fingerprint density at radius 1 is 0.526 bits per heavy atom. The summed E-state index contributed by atoms with van der Waals surface area (Å²) in [6.45, 7) is 6.33. The molecule has 1 amide bonds. The van der Waals surface area contributed by atoms with Gasteiger partial charge in [-0.3, -0.25) is 9.59 Å². The first-order chi connectivity index (χ1) is 28.0. The lowest BCUT2D eigenvalue weighted by molar-refractivity contribution is -0.151. The third-order valence-electron chi connectivity index (χ3n) is 11.0. The Labute approximate surface area is 353 Å². The molecule has 0 saturated heterocycles. The van der Waals surface area contributed by atoms with Gasteiger partial charge in [-0.15, -0.1) is 0 Å². The van der Waals surface area contributed by atoms with Crippen LogP contribution in [-0.2, 0) is 14.3 Å². The molecule has 0 fully saturated rings. The fourth-order valence-corrected chi connectivity index (χ4v) is 7.25. The van der Waals surface area contributed by atoms with E-state index in [2.05, 4.69) is 74.7 Å². The highest BCUT2D eigenvalue weighted by atomic mass is 16.5. The van der Waals surface area contributed by atoms with Gasteiger partial charge < -0.3 is 20.3 Å². The number of carbonyl (C=O) groups excluding carboxylic acids is 2. The van der Waals surface area contributed by atoms with Crippen molar-refractivity contribution in [2.24, 2.45) is 0 Å². The summed E-state index contributed by atoms with van der Waals surface area (Å²) < 4.78 is 5.89. The van der Waals surface area contributed by atoms with Crippen molar-refractivity contribution < 1.29 is 24.5 Å². The molecule has 6 heteroatoms. The van der Waals surface area contributed by atoms with Gasteiger partial charge in [0.2, 0.25) is 5.91 Å². The number of hydrogen-bond donors (Lipinski definition) is 3. The molecule has 332 valence electrons. The third-order valence-corrected chi connectivity index (χ3v) is 11.0. The fraction of sp³-hybridized carbons (Fsp3) is 0.804. The van der Waals surface area contributed by atoms with Crippen LogP contribution in [0.1, 0.15) is 239 Å². The summed E-state index contributed by atoms with van der Waals surface area (Å²) in [5, 5.41) is 23.7. The summed E-state index contributed by atoms with van der Waals surface area (Å²) >= 11 is 0. The van der Waals surface area contributed by atoms with Crippen LogP contribution in [0.15, 0.2) is 48.6 Å². The van der Waals surface area contributed by atoms with Crippen LogP contribution in [-0.4, -0.2) is 46.9 Å². The molecule has 0 aromatic heterocycles. The second-order valence-electron chi connectivity index (χ2n) is 16.5. The van der Waals surface area contributed by atoms with E-state index in [0.717, 1.165) is 70.6 Å². The van der Waals surface area contributed by atoms with Crippen molar-refractivity contribution in [2.45, 2.75) is 257 Å². The van der Waals surface area contributed by atoms with E-state index in [1.165, 1.54) is 122 Å². The maximum Gasteiger partial charge on any atom is 0.306 e. The Hall–Kier alpha value is -2.18. The Balaban J connectivity index is 4.59. The maximum atomic E-state index is 13.1. The van der Waals surface area contributed by atoms with Gasteiger partial charge in [0.05, 0.1) is 25.2 Å². The summed E-state index contributed by atoms with van der Waals surface area (Å²) in [5.74, 6) is -0.515. The number of nitrogens with one attached hydrogen (secondary N) is 1. The normalized spacial score (nSPS) is 13.7. The summed E-state index contributed by atoms with van der Waals surface area (Å²) in [7, 11) is 0. The lowest BCUT2D eigenvalue weighted by Gasteiger charge is -2.24. The lowest BCUT2D eigenvalue weighted by atomic mass is 10.0. The molecule has 3 N–H and O–H groups in total. The van der Waals surface area contributed by atoms with Crippen LogP contribution in [0.25, 0.3) is 0 Å². The van der Waals surface area contributed by atoms with Crippen molar-refractivity contribution in [3.8, 4) is 0 Å². The van der Waals surface area contributed by atoms with Crippen LogP contribution in [0.2, 0.25) is 0 Å². The summed E-state index contributed by atoms with van der Waals surface area (Å²) in [5.41, 5.74) is 0. The van der Waals surface area contributed by atoms with Crippen LogP contribution < -0.4 is 5.32 Å². The number of rotatable bonds is 43. The number of aliphatic hydroxyl groups is 2. The summed E-state index contributed by atoms with van der Waals surface area (Å²) in [4.78, 5) is 26.0. The summed E-state index contributed by atoms with van der Waals surface area (Å²) in [6, 6.07) is -0.710. The van der Waals surface area contributed by atoms with Crippen molar-refractivity contribution in [1.29, 1.82) is 0 Å². The number of amides is 1. The number of unbranched alkanes of at least 4 members (excludes halogenated alkanes) is 25. The lowest BCUT2D eigenvalue weighted by Crippen LogP contribution is -2.46. The Kier molecular flexibility index (Phi) is 43.2. The Morgan fingerprint density at radius 2 is 0.982 bits per heavy atom. The van der Waals surface area contributed by atoms with Crippen LogP contribution in [0, 0.1) is 0 Å². The Bertz CT molecular complexity index is 988. The maximum absolute atomic E-state index is 13.1. The molecule has 3 unspecified atom stereocenters. The smallest absolute Gasteiger partial charge is 0.306 e. The second kappa shape index (κ2) is 44.9. The highest BCUT2D eigenvalue weighted by Gasteiger charge is 2.24. The molecular weight excluding hydrogens is 707 g/mol. The average Bonchev–Trinajstić information content (AvgIpc) is 3.20. The van der Waals surface area contributed by atoms with Crippen LogP contribution in [0.5, 0.6) is 0 Å². The van der Waals surface area contributed by atoms with E-state index in [1.54, 1.807) is 0 Å². The predicted octanol–water partition coefficient (Wildman–Crippen LogP) is 14.3. The topological polar surface area (TPSA) is 95.9 Å². The van der Waals surface area contributed by atoms with Crippen LogP contribution >= 0.6 is 0 Å². The van der Waals surface area contributed by atoms with Gasteiger partial charge in [-0.2, -0.15) is 0 Å². The predicted molar refractivity (Wildman–Crippen MR) is 245 cm³/mol. The molecular formula is C51H93NO5. The fourth-order valence-electron chi connectivity index (χ4n) is 7.25. The molecule has 3 atom stereocenters. The number of ether oxygens (including phenoxy) is 1. The van der Waals surface area contributed by atoms with Gasteiger partial charge in [-0.1, -0.05) is 211 Å². The standard InChI is InChI=1S/C51H93NO5/c1-4-7-10-13-16-19-22-24-25-26-29-32-35-38-41-44-51(56)57-47(42-39-36-33-30-27-21-18-15-12-9-6-3)45-50(55)52-48(46-53)49(54)43-40-37-34-31-28-23-20-17-14-11-8-5-2/h7,10,13,16,19,22,30,33,47-49,53-54H,4-6,8-9,11-12,14-15,17-18,20-21,23-29,31-32,34-46H2,1-3H3,(H,52,55)/b10-7+,16-13+,22-19+,33-30-. The average molecular weight is 800 g/mol. The molecule has 0 aliphatic carbocycles. The molecule has 0 heterocycles. The van der Waals surface area contributed by atoms with Gasteiger partial charge in [-0.05, 0) is 64.2 Å².